The number of amides is 3. The molecule has 220 valence electrons. The van der Waals surface area contributed by atoms with Crippen molar-refractivity contribution in [2.75, 3.05) is 35.2 Å². The Morgan fingerprint density at radius 1 is 0.854 bits per heavy atom. The number of hydrogen-bond acceptors (Lipinski definition) is 6. The van der Waals surface area contributed by atoms with Gasteiger partial charge in [0.25, 0.3) is 5.91 Å². The number of carbonyl (C=O) groups excluding carboxylic acids is 3. The molecular formula is C32H43N5O3S. The van der Waals surface area contributed by atoms with Crippen molar-refractivity contribution in [1.82, 2.24) is 19.8 Å². The van der Waals surface area contributed by atoms with Gasteiger partial charge in [0.2, 0.25) is 11.8 Å². The molecule has 1 aromatic heterocycles. The minimum absolute atomic E-state index is 0.206. The molecule has 0 bridgehead atoms. The summed E-state index contributed by atoms with van der Waals surface area (Å²) in [6, 6.07) is 16.4. The molecule has 0 radical (unpaired) electrons. The fourth-order valence-electron chi connectivity index (χ4n) is 4.52. The van der Waals surface area contributed by atoms with E-state index in [1.54, 1.807) is 57.7 Å². The van der Waals surface area contributed by atoms with E-state index in [4.69, 9.17) is 5.73 Å². The van der Waals surface area contributed by atoms with E-state index in [1.807, 2.05) is 67.8 Å². The summed E-state index contributed by atoms with van der Waals surface area (Å²) in [5, 5.41) is 7.31. The molecule has 0 saturated heterocycles. The predicted molar refractivity (Wildman–Crippen MR) is 167 cm³/mol. The van der Waals surface area contributed by atoms with Crippen LogP contribution < -0.4 is 5.73 Å². The van der Waals surface area contributed by atoms with Gasteiger partial charge in [0.15, 0.2) is 0 Å². The average Bonchev–Trinajstić information content (AvgIpc) is 3.45. The summed E-state index contributed by atoms with van der Waals surface area (Å²) in [7, 11) is 8.55. The number of rotatable bonds is 12. The molecule has 3 aromatic rings. The summed E-state index contributed by atoms with van der Waals surface area (Å²) >= 11 is 1.55. The maximum absolute atomic E-state index is 14.3. The lowest BCUT2D eigenvalue weighted by Crippen LogP contribution is -2.57. The third-order valence-electron chi connectivity index (χ3n) is 7.24. The molecule has 0 aliphatic carbocycles. The summed E-state index contributed by atoms with van der Waals surface area (Å²) < 4.78 is 0. The van der Waals surface area contributed by atoms with Crippen LogP contribution in [-0.2, 0) is 27.2 Å². The Labute approximate surface area is 248 Å². The number of fused-ring (bicyclic) bond motifs is 1. The second-order valence-electron chi connectivity index (χ2n) is 11.4. The number of carbonyl (C=O) groups is 3. The average molecular weight is 578 g/mol. The van der Waals surface area contributed by atoms with Crippen molar-refractivity contribution in [3.8, 4) is 0 Å². The molecule has 1 heterocycles. The van der Waals surface area contributed by atoms with Gasteiger partial charge in [-0.3, -0.25) is 19.4 Å². The van der Waals surface area contributed by atoms with Crippen LogP contribution in [0.25, 0.3) is 10.8 Å². The predicted octanol–water partition coefficient (Wildman–Crippen LogP) is 3.96. The van der Waals surface area contributed by atoms with Gasteiger partial charge in [-0.05, 0) is 54.1 Å². The first-order chi connectivity index (χ1) is 19.3. The van der Waals surface area contributed by atoms with Crippen LogP contribution in [0.2, 0.25) is 0 Å². The van der Waals surface area contributed by atoms with Gasteiger partial charge < -0.3 is 15.5 Å². The number of thiophene rings is 1. The normalized spacial score (nSPS) is 13.4. The Morgan fingerprint density at radius 2 is 1.51 bits per heavy atom. The highest BCUT2D eigenvalue weighted by atomic mass is 32.1. The number of nitrogens with zero attached hydrogens (tertiary/aromatic N) is 4. The Balaban J connectivity index is 1.97. The number of likely N-dealkylation sites (N-methyl/N-ethyl adjacent to an activating group) is 3. The van der Waals surface area contributed by atoms with Gasteiger partial charge in [0.05, 0.1) is 0 Å². The fraction of sp³-hybridized carbons (Fsp3) is 0.406. The van der Waals surface area contributed by atoms with Crippen LogP contribution in [0.5, 0.6) is 0 Å². The first kappa shape index (κ1) is 32.0. The van der Waals surface area contributed by atoms with E-state index in [2.05, 4.69) is 6.07 Å². The molecular weight excluding hydrogens is 534 g/mol. The van der Waals surface area contributed by atoms with Gasteiger partial charge in [-0.25, -0.2) is 5.01 Å². The van der Waals surface area contributed by atoms with Crippen LogP contribution in [0.4, 0.5) is 0 Å². The van der Waals surface area contributed by atoms with E-state index < -0.39 is 17.6 Å². The summed E-state index contributed by atoms with van der Waals surface area (Å²) in [6.45, 7) is 3.78. The van der Waals surface area contributed by atoms with Crippen molar-refractivity contribution in [2.24, 2.45) is 5.73 Å². The number of benzene rings is 2. The van der Waals surface area contributed by atoms with Crippen LogP contribution in [0.3, 0.4) is 0 Å². The highest BCUT2D eigenvalue weighted by molar-refractivity contribution is 7.09. The monoisotopic (exact) mass is 577 g/mol. The van der Waals surface area contributed by atoms with Gasteiger partial charge in [-0.15, -0.1) is 11.3 Å². The largest absolute Gasteiger partial charge is 0.331 e. The molecule has 0 unspecified atom stereocenters. The summed E-state index contributed by atoms with van der Waals surface area (Å²) in [5.74, 6) is -0.806. The van der Waals surface area contributed by atoms with E-state index in [9.17, 15) is 14.4 Å². The van der Waals surface area contributed by atoms with Gasteiger partial charge in [0, 0.05) is 58.5 Å². The molecule has 41 heavy (non-hydrogen) atoms. The zero-order valence-electron chi connectivity index (χ0n) is 25.2. The quantitative estimate of drug-likeness (QED) is 0.260. The van der Waals surface area contributed by atoms with Gasteiger partial charge >= 0.3 is 0 Å². The smallest absolute Gasteiger partial charge is 0.259 e. The lowest BCUT2D eigenvalue weighted by atomic mass is 9.99. The second-order valence-corrected chi connectivity index (χ2v) is 12.4. The number of hydrazine groups is 1. The molecule has 0 aliphatic heterocycles. The van der Waals surface area contributed by atoms with Crippen molar-refractivity contribution >= 4 is 39.8 Å². The Kier molecular flexibility index (Phi) is 10.8. The molecule has 8 nitrogen and oxygen atoms in total. The molecule has 0 fully saturated rings. The Morgan fingerprint density at radius 3 is 2.12 bits per heavy atom. The topological polar surface area (TPSA) is 90.2 Å². The van der Waals surface area contributed by atoms with Crippen molar-refractivity contribution < 1.29 is 14.4 Å². The lowest BCUT2D eigenvalue weighted by molar-refractivity contribution is -0.154. The molecule has 3 rings (SSSR count). The van der Waals surface area contributed by atoms with Crippen LogP contribution >= 0.6 is 11.3 Å². The summed E-state index contributed by atoms with van der Waals surface area (Å²) in [5.41, 5.74) is 6.55. The van der Waals surface area contributed by atoms with E-state index in [-0.39, 0.29) is 17.7 Å². The fourth-order valence-corrected chi connectivity index (χ4v) is 5.27. The Bertz CT molecular complexity index is 1360. The van der Waals surface area contributed by atoms with Gasteiger partial charge in [-0.1, -0.05) is 54.6 Å². The summed E-state index contributed by atoms with van der Waals surface area (Å²) in [4.78, 5) is 45.2. The van der Waals surface area contributed by atoms with Crippen LogP contribution in [0.15, 0.2) is 72.1 Å². The number of nitrogens with two attached hydrogens (primary N) is 1. The first-order valence-electron chi connectivity index (χ1n) is 13.7. The van der Waals surface area contributed by atoms with Crippen LogP contribution in [-0.4, -0.2) is 90.4 Å². The molecule has 3 amide bonds. The summed E-state index contributed by atoms with van der Waals surface area (Å²) in [6.07, 6.45) is 4.42. The second kappa shape index (κ2) is 13.9. The van der Waals surface area contributed by atoms with Gasteiger partial charge in [0.1, 0.15) is 12.1 Å². The minimum atomic E-state index is -0.826. The minimum Gasteiger partial charge on any atom is -0.331 e. The van der Waals surface area contributed by atoms with Crippen molar-refractivity contribution in [2.45, 2.75) is 50.7 Å². The molecule has 0 aliphatic rings. The van der Waals surface area contributed by atoms with E-state index in [1.165, 1.54) is 20.9 Å². The van der Waals surface area contributed by atoms with Crippen LogP contribution in [0, 0.1) is 0 Å². The molecule has 2 aromatic carbocycles. The van der Waals surface area contributed by atoms with E-state index >= 15 is 0 Å². The maximum Gasteiger partial charge on any atom is 0.259 e. The van der Waals surface area contributed by atoms with Crippen molar-refractivity contribution in [3.05, 3.63) is 82.6 Å². The third kappa shape index (κ3) is 8.73. The molecule has 0 spiro atoms. The standard InChI is InChI=1S/C32H43N5O3S/c1-32(2,33)18-10-15-29(38)35(5)27(21-23-16-17-24-12-8-9-13-25(24)20-23)30(39)36(6)28(22-26-14-11-19-41-26)31(40)37(7)34(3)4/h8-17,19-20,27-28H,18,21-22,33H2,1-7H3/t27-,28-/m1/s1. The third-order valence-corrected chi connectivity index (χ3v) is 8.14. The molecule has 9 heteroatoms. The Hall–Kier alpha value is -3.53. The zero-order chi connectivity index (χ0) is 30.3. The van der Waals surface area contributed by atoms with E-state index in [0.29, 0.717) is 19.3 Å². The van der Waals surface area contributed by atoms with E-state index in [0.717, 1.165) is 21.2 Å². The van der Waals surface area contributed by atoms with Crippen molar-refractivity contribution in [3.63, 3.8) is 0 Å². The molecule has 0 saturated carbocycles. The highest BCUT2D eigenvalue weighted by Crippen LogP contribution is 2.21. The zero-order valence-corrected chi connectivity index (χ0v) is 26.0. The number of hydrogen-bond donors (Lipinski definition) is 1. The lowest BCUT2D eigenvalue weighted by Gasteiger charge is -2.36. The van der Waals surface area contributed by atoms with Crippen LogP contribution in [0.1, 0.15) is 30.7 Å². The molecule has 2 N–H and O–H groups in total. The van der Waals surface area contributed by atoms with Gasteiger partial charge in [-0.2, -0.15) is 0 Å². The first-order valence-corrected chi connectivity index (χ1v) is 14.6. The maximum atomic E-state index is 14.3. The van der Waals surface area contributed by atoms with Crippen molar-refractivity contribution in [1.29, 1.82) is 0 Å². The highest BCUT2D eigenvalue weighted by Gasteiger charge is 2.36. The molecule has 2 atom stereocenters. The SMILES string of the molecule is CN(C(=O)C=CCC(C)(C)N)[C@H](Cc1ccc2ccccc2c1)C(=O)N(C)[C@H](Cc1cccs1)C(=O)N(C)N(C)C.